The van der Waals surface area contributed by atoms with Crippen LogP contribution in [0.3, 0.4) is 0 Å². The van der Waals surface area contributed by atoms with Gasteiger partial charge in [-0.3, -0.25) is 0 Å². The zero-order valence-electron chi connectivity index (χ0n) is 10.9. The van der Waals surface area contributed by atoms with Crippen LogP contribution < -0.4 is 5.32 Å². The van der Waals surface area contributed by atoms with E-state index in [0.29, 0.717) is 17.4 Å². The largest absolute Gasteiger partial charge is 0.453 e. The first-order valence-corrected chi connectivity index (χ1v) is 7.32. The molecule has 0 saturated heterocycles. The number of hydrogen-bond acceptors (Lipinski definition) is 2. The van der Waals surface area contributed by atoms with Crippen LogP contribution in [0, 0.1) is 11.3 Å². The Kier molecular flexibility index (Phi) is 3.99. The second kappa shape index (κ2) is 5.15. The van der Waals surface area contributed by atoms with E-state index in [4.69, 9.17) is 4.42 Å². The summed E-state index contributed by atoms with van der Waals surface area (Å²) in [6, 6.07) is 4.43. The summed E-state index contributed by atoms with van der Waals surface area (Å²) in [5, 5.41) is 3.60. The second-order valence-corrected chi connectivity index (χ2v) is 6.45. The minimum absolute atomic E-state index is 0.351. The van der Waals surface area contributed by atoms with Crippen LogP contribution in [0.15, 0.2) is 21.2 Å². The predicted octanol–water partition coefficient (Wildman–Crippen LogP) is 4.52. The van der Waals surface area contributed by atoms with Crippen LogP contribution in [-0.4, -0.2) is 6.54 Å². The fourth-order valence-corrected chi connectivity index (χ4v) is 3.45. The normalized spacial score (nSPS) is 25.1. The predicted molar refractivity (Wildman–Crippen MR) is 73.9 cm³/mol. The molecule has 0 radical (unpaired) electrons. The van der Waals surface area contributed by atoms with Gasteiger partial charge in [0.1, 0.15) is 5.76 Å². The van der Waals surface area contributed by atoms with Gasteiger partial charge in [-0.05, 0) is 58.8 Å². The topological polar surface area (TPSA) is 25.2 Å². The molecular formula is C14H22BrNO. The van der Waals surface area contributed by atoms with Gasteiger partial charge in [0.25, 0.3) is 0 Å². The molecule has 2 rings (SSSR count). The van der Waals surface area contributed by atoms with Crippen molar-refractivity contribution in [3.8, 4) is 0 Å². The molecule has 1 heterocycles. The van der Waals surface area contributed by atoms with E-state index in [1.165, 1.54) is 19.3 Å². The Morgan fingerprint density at radius 2 is 2.29 bits per heavy atom. The highest BCUT2D eigenvalue weighted by molar-refractivity contribution is 9.10. The van der Waals surface area contributed by atoms with Crippen LogP contribution in [0.1, 0.15) is 51.8 Å². The van der Waals surface area contributed by atoms with Gasteiger partial charge in [0.15, 0.2) is 4.67 Å². The first-order chi connectivity index (χ1) is 8.04. The van der Waals surface area contributed by atoms with Crippen molar-refractivity contribution in [2.75, 3.05) is 6.54 Å². The van der Waals surface area contributed by atoms with Gasteiger partial charge in [-0.1, -0.05) is 27.2 Å². The van der Waals surface area contributed by atoms with Crippen molar-refractivity contribution in [3.63, 3.8) is 0 Å². The smallest absolute Gasteiger partial charge is 0.169 e. The second-order valence-electron chi connectivity index (χ2n) is 5.66. The van der Waals surface area contributed by atoms with E-state index in [-0.39, 0.29) is 0 Å². The number of halogens is 1. The molecule has 1 aliphatic rings. The lowest BCUT2D eigenvalue weighted by atomic mass is 9.77. The molecule has 2 atom stereocenters. The van der Waals surface area contributed by atoms with Crippen LogP contribution in [0.2, 0.25) is 0 Å². The Labute approximate surface area is 112 Å². The first kappa shape index (κ1) is 13.2. The Morgan fingerprint density at radius 1 is 1.53 bits per heavy atom. The lowest BCUT2D eigenvalue weighted by Crippen LogP contribution is -2.33. The van der Waals surface area contributed by atoms with E-state index < -0.39 is 0 Å². The van der Waals surface area contributed by atoms with Gasteiger partial charge in [0.05, 0.1) is 6.04 Å². The maximum absolute atomic E-state index is 5.76. The maximum Gasteiger partial charge on any atom is 0.169 e. The molecule has 0 aliphatic heterocycles. The third kappa shape index (κ3) is 2.76. The molecule has 0 aromatic carbocycles. The molecule has 1 N–H and O–H groups in total. The SMILES string of the molecule is CCNC(c1ccc(Br)o1)C1CCCC1(C)C. The van der Waals surface area contributed by atoms with Crippen molar-refractivity contribution in [2.24, 2.45) is 11.3 Å². The average molecular weight is 300 g/mol. The molecule has 1 aromatic rings. The summed E-state index contributed by atoms with van der Waals surface area (Å²) in [4.78, 5) is 0. The van der Waals surface area contributed by atoms with E-state index in [1.54, 1.807) is 0 Å². The van der Waals surface area contributed by atoms with Crippen molar-refractivity contribution in [1.82, 2.24) is 5.32 Å². The highest BCUT2D eigenvalue weighted by atomic mass is 79.9. The van der Waals surface area contributed by atoms with Gasteiger partial charge >= 0.3 is 0 Å². The van der Waals surface area contributed by atoms with E-state index in [1.807, 2.05) is 6.07 Å². The molecule has 0 amide bonds. The van der Waals surface area contributed by atoms with Crippen molar-refractivity contribution in [1.29, 1.82) is 0 Å². The summed E-state index contributed by atoms with van der Waals surface area (Å²) >= 11 is 3.39. The van der Waals surface area contributed by atoms with Gasteiger partial charge < -0.3 is 9.73 Å². The standard InChI is InChI=1S/C14H22BrNO/c1-4-16-13(11-7-8-12(15)17-11)10-6-5-9-14(10,2)3/h7-8,10,13,16H,4-6,9H2,1-3H3. The highest BCUT2D eigenvalue weighted by Crippen LogP contribution is 2.48. The fraction of sp³-hybridized carbons (Fsp3) is 0.714. The quantitative estimate of drug-likeness (QED) is 0.884. The lowest BCUT2D eigenvalue weighted by Gasteiger charge is -2.33. The number of nitrogens with one attached hydrogen (secondary N) is 1. The van der Waals surface area contributed by atoms with Crippen molar-refractivity contribution < 1.29 is 4.42 Å². The fourth-order valence-electron chi connectivity index (χ4n) is 3.13. The summed E-state index contributed by atoms with van der Waals surface area (Å²) in [6.07, 6.45) is 3.95. The lowest BCUT2D eigenvalue weighted by molar-refractivity contribution is 0.181. The molecule has 1 fully saturated rings. The molecular weight excluding hydrogens is 278 g/mol. The van der Waals surface area contributed by atoms with Gasteiger partial charge in [-0.25, -0.2) is 0 Å². The Bertz CT molecular complexity index is 372. The van der Waals surface area contributed by atoms with E-state index in [9.17, 15) is 0 Å². The third-order valence-electron chi connectivity index (χ3n) is 4.07. The third-order valence-corrected chi connectivity index (χ3v) is 4.49. The summed E-state index contributed by atoms with van der Waals surface area (Å²) in [5.41, 5.74) is 0.409. The zero-order chi connectivity index (χ0) is 12.5. The zero-order valence-corrected chi connectivity index (χ0v) is 12.5. The van der Waals surface area contributed by atoms with Crippen molar-refractivity contribution in [3.05, 3.63) is 22.6 Å². The first-order valence-electron chi connectivity index (χ1n) is 6.53. The van der Waals surface area contributed by atoms with Crippen molar-refractivity contribution >= 4 is 15.9 Å². The average Bonchev–Trinajstić information content (AvgIpc) is 2.81. The molecule has 96 valence electrons. The summed E-state index contributed by atoms with van der Waals surface area (Å²) in [7, 11) is 0. The molecule has 0 spiro atoms. The van der Waals surface area contributed by atoms with Gasteiger partial charge in [0, 0.05) is 0 Å². The Morgan fingerprint density at radius 3 is 2.76 bits per heavy atom. The molecule has 3 heteroatoms. The van der Waals surface area contributed by atoms with Gasteiger partial charge in [-0.2, -0.15) is 0 Å². The summed E-state index contributed by atoms with van der Waals surface area (Å²) in [6.45, 7) is 7.91. The minimum Gasteiger partial charge on any atom is -0.453 e. The minimum atomic E-state index is 0.351. The van der Waals surface area contributed by atoms with Crippen LogP contribution in [0.4, 0.5) is 0 Å². The molecule has 1 saturated carbocycles. The van der Waals surface area contributed by atoms with Crippen molar-refractivity contribution in [2.45, 2.75) is 46.1 Å². The highest BCUT2D eigenvalue weighted by Gasteiger charge is 2.40. The Hall–Kier alpha value is -0.280. The van der Waals surface area contributed by atoms with Gasteiger partial charge in [-0.15, -0.1) is 0 Å². The number of hydrogen-bond donors (Lipinski definition) is 1. The molecule has 2 nitrogen and oxygen atoms in total. The monoisotopic (exact) mass is 299 g/mol. The van der Waals surface area contributed by atoms with E-state index in [2.05, 4.69) is 48.1 Å². The maximum atomic E-state index is 5.76. The Balaban J connectivity index is 2.23. The van der Waals surface area contributed by atoms with Crippen LogP contribution in [0.5, 0.6) is 0 Å². The van der Waals surface area contributed by atoms with E-state index in [0.717, 1.165) is 17.0 Å². The van der Waals surface area contributed by atoms with Crippen LogP contribution in [0.25, 0.3) is 0 Å². The molecule has 17 heavy (non-hydrogen) atoms. The summed E-state index contributed by atoms with van der Waals surface area (Å²) in [5.74, 6) is 1.74. The van der Waals surface area contributed by atoms with E-state index >= 15 is 0 Å². The van der Waals surface area contributed by atoms with Crippen LogP contribution in [-0.2, 0) is 0 Å². The molecule has 1 aliphatic carbocycles. The molecule has 2 unspecified atom stereocenters. The summed E-state index contributed by atoms with van der Waals surface area (Å²) < 4.78 is 6.58. The van der Waals surface area contributed by atoms with Gasteiger partial charge in [0.2, 0.25) is 0 Å². The van der Waals surface area contributed by atoms with Crippen LogP contribution >= 0.6 is 15.9 Å². The molecule has 0 bridgehead atoms. The number of rotatable bonds is 4. The number of furan rings is 1. The molecule has 1 aromatic heterocycles.